The molecule has 6 heteroatoms. The van der Waals surface area contributed by atoms with Crippen LogP contribution < -0.4 is 4.90 Å². The topological polar surface area (TPSA) is 38.2 Å². The van der Waals surface area contributed by atoms with Gasteiger partial charge in [0.1, 0.15) is 17.0 Å². The van der Waals surface area contributed by atoms with Gasteiger partial charge in [0.2, 0.25) is 0 Å². The van der Waals surface area contributed by atoms with Crippen LogP contribution in [0.1, 0.15) is 10.4 Å². The van der Waals surface area contributed by atoms with E-state index in [0.717, 1.165) is 35.7 Å². The van der Waals surface area contributed by atoms with E-state index >= 15 is 0 Å². The standard InChI is InChI=1S/C13H16BrN3OS/c1-8-9(2)19-13-11(8)12(15-7-16-13)17-3-4-18-6-10(17)5-14/h7,10H,3-6H2,1-2H3. The van der Waals surface area contributed by atoms with Crippen molar-refractivity contribution in [2.24, 2.45) is 0 Å². The van der Waals surface area contributed by atoms with Crippen LogP contribution in [0.3, 0.4) is 0 Å². The van der Waals surface area contributed by atoms with E-state index < -0.39 is 0 Å². The minimum atomic E-state index is 0.339. The van der Waals surface area contributed by atoms with E-state index in [2.05, 4.69) is 44.6 Å². The molecular formula is C13H16BrN3OS. The first-order valence-corrected chi connectivity index (χ1v) is 8.27. The molecule has 1 atom stereocenters. The summed E-state index contributed by atoms with van der Waals surface area (Å²) >= 11 is 5.32. The Hall–Kier alpha value is -0.720. The summed E-state index contributed by atoms with van der Waals surface area (Å²) in [5.41, 5.74) is 1.30. The fraction of sp³-hybridized carbons (Fsp3) is 0.538. The van der Waals surface area contributed by atoms with Crippen molar-refractivity contribution >= 4 is 43.3 Å². The van der Waals surface area contributed by atoms with Gasteiger partial charge >= 0.3 is 0 Å². The van der Waals surface area contributed by atoms with Gasteiger partial charge in [0, 0.05) is 16.8 Å². The normalized spacial score (nSPS) is 20.2. The van der Waals surface area contributed by atoms with Crippen molar-refractivity contribution in [3.05, 3.63) is 16.8 Å². The highest BCUT2D eigenvalue weighted by molar-refractivity contribution is 9.09. The van der Waals surface area contributed by atoms with Crippen LogP contribution in [0.4, 0.5) is 5.82 Å². The van der Waals surface area contributed by atoms with Crippen molar-refractivity contribution in [1.82, 2.24) is 9.97 Å². The molecule has 3 heterocycles. The van der Waals surface area contributed by atoms with E-state index in [1.807, 2.05) is 0 Å². The number of halogens is 1. The molecule has 4 nitrogen and oxygen atoms in total. The zero-order valence-corrected chi connectivity index (χ0v) is 13.4. The van der Waals surface area contributed by atoms with Crippen LogP contribution in [0.25, 0.3) is 10.2 Å². The summed E-state index contributed by atoms with van der Waals surface area (Å²) in [6.07, 6.45) is 1.67. The molecule has 1 fully saturated rings. The van der Waals surface area contributed by atoms with E-state index in [0.29, 0.717) is 6.04 Å². The summed E-state index contributed by atoms with van der Waals surface area (Å²) in [7, 11) is 0. The van der Waals surface area contributed by atoms with Crippen LogP contribution in [0.2, 0.25) is 0 Å². The number of alkyl halides is 1. The summed E-state index contributed by atoms with van der Waals surface area (Å²) in [5.74, 6) is 1.06. The molecule has 0 aromatic carbocycles. The highest BCUT2D eigenvalue weighted by Gasteiger charge is 2.26. The van der Waals surface area contributed by atoms with Crippen LogP contribution in [0, 0.1) is 13.8 Å². The predicted molar refractivity (Wildman–Crippen MR) is 82.6 cm³/mol. The van der Waals surface area contributed by atoms with Gasteiger partial charge in [-0.2, -0.15) is 0 Å². The lowest BCUT2D eigenvalue weighted by molar-refractivity contribution is 0.100. The van der Waals surface area contributed by atoms with E-state index in [1.165, 1.54) is 15.8 Å². The molecule has 0 saturated carbocycles. The van der Waals surface area contributed by atoms with Crippen LogP contribution in [0.5, 0.6) is 0 Å². The van der Waals surface area contributed by atoms with Crippen molar-refractivity contribution in [1.29, 1.82) is 0 Å². The number of fused-ring (bicyclic) bond motifs is 1. The van der Waals surface area contributed by atoms with Gasteiger partial charge in [-0.15, -0.1) is 11.3 Å². The van der Waals surface area contributed by atoms with Gasteiger partial charge in [0.05, 0.1) is 24.6 Å². The Labute approximate surface area is 124 Å². The van der Waals surface area contributed by atoms with E-state index in [-0.39, 0.29) is 0 Å². The maximum atomic E-state index is 5.56. The first-order valence-electron chi connectivity index (χ1n) is 6.33. The number of aryl methyl sites for hydroxylation is 2. The second-order valence-corrected chi connectivity index (χ2v) is 6.59. The van der Waals surface area contributed by atoms with Gasteiger partial charge in [0.25, 0.3) is 0 Å². The monoisotopic (exact) mass is 341 g/mol. The fourth-order valence-electron chi connectivity index (χ4n) is 2.44. The van der Waals surface area contributed by atoms with Gasteiger partial charge in [-0.25, -0.2) is 9.97 Å². The molecule has 0 spiro atoms. The Kier molecular flexibility index (Phi) is 3.73. The Morgan fingerprint density at radius 3 is 3.11 bits per heavy atom. The molecular weight excluding hydrogens is 326 g/mol. The number of rotatable bonds is 2. The summed E-state index contributed by atoms with van der Waals surface area (Å²) < 4.78 is 5.56. The Morgan fingerprint density at radius 2 is 2.32 bits per heavy atom. The molecule has 0 bridgehead atoms. The Bertz CT molecular complexity index is 601. The van der Waals surface area contributed by atoms with Crippen LogP contribution in [-0.2, 0) is 4.74 Å². The summed E-state index contributed by atoms with van der Waals surface area (Å²) in [6, 6.07) is 0.339. The smallest absolute Gasteiger partial charge is 0.141 e. The molecule has 2 aromatic rings. The molecule has 1 unspecified atom stereocenters. The maximum absolute atomic E-state index is 5.56. The zero-order chi connectivity index (χ0) is 13.4. The minimum Gasteiger partial charge on any atom is -0.377 e. The van der Waals surface area contributed by atoms with Crippen LogP contribution in [-0.4, -0.2) is 41.1 Å². The van der Waals surface area contributed by atoms with Crippen molar-refractivity contribution < 1.29 is 4.74 Å². The third-order valence-corrected chi connectivity index (χ3v) is 5.49. The van der Waals surface area contributed by atoms with Gasteiger partial charge in [0.15, 0.2) is 0 Å². The van der Waals surface area contributed by atoms with E-state index in [4.69, 9.17) is 4.74 Å². The van der Waals surface area contributed by atoms with Crippen molar-refractivity contribution in [2.75, 3.05) is 30.0 Å². The average molecular weight is 342 g/mol. The number of nitrogens with zero attached hydrogens (tertiary/aromatic N) is 3. The van der Waals surface area contributed by atoms with Crippen molar-refractivity contribution in [3.63, 3.8) is 0 Å². The fourth-order valence-corrected chi connectivity index (χ4v) is 3.97. The highest BCUT2D eigenvalue weighted by Crippen LogP contribution is 2.35. The van der Waals surface area contributed by atoms with Gasteiger partial charge in [-0.1, -0.05) is 15.9 Å². The third-order valence-electron chi connectivity index (χ3n) is 3.62. The molecule has 1 saturated heterocycles. The third kappa shape index (κ3) is 2.26. The number of hydrogen-bond donors (Lipinski definition) is 0. The zero-order valence-electron chi connectivity index (χ0n) is 11.0. The van der Waals surface area contributed by atoms with Crippen molar-refractivity contribution in [2.45, 2.75) is 19.9 Å². The summed E-state index contributed by atoms with van der Waals surface area (Å²) in [5, 5.41) is 2.10. The predicted octanol–water partition coefficient (Wildman–Crippen LogP) is 2.91. The van der Waals surface area contributed by atoms with Gasteiger partial charge in [-0.05, 0) is 19.4 Å². The molecule has 0 N–H and O–H groups in total. The molecule has 0 amide bonds. The van der Waals surface area contributed by atoms with Crippen molar-refractivity contribution in [3.8, 4) is 0 Å². The minimum absolute atomic E-state index is 0.339. The Balaban J connectivity index is 2.13. The number of hydrogen-bond acceptors (Lipinski definition) is 5. The van der Waals surface area contributed by atoms with Crippen LogP contribution >= 0.6 is 27.3 Å². The number of ether oxygens (including phenoxy) is 1. The SMILES string of the molecule is Cc1sc2ncnc(N3CCOCC3CBr)c2c1C. The molecule has 102 valence electrons. The number of morpholine rings is 1. The second-order valence-electron chi connectivity index (χ2n) is 4.74. The van der Waals surface area contributed by atoms with E-state index in [9.17, 15) is 0 Å². The van der Waals surface area contributed by atoms with Crippen LogP contribution in [0.15, 0.2) is 6.33 Å². The molecule has 1 aliphatic heterocycles. The average Bonchev–Trinajstić information content (AvgIpc) is 2.74. The first kappa shape index (κ1) is 13.3. The lowest BCUT2D eigenvalue weighted by atomic mass is 10.1. The molecule has 2 aromatic heterocycles. The second kappa shape index (κ2) is 5.34. The summed E-state index contributed by atoms with van der Waals surface area (Å²) in [6.45, 7) is 6.70. The maximum Gasteiger partial charge on any atom is 0.141 e. The molecule has 19 heavy (non-hydrogen) atoms. The lowest BCUT2D eigenvalue weighted by Gasteiger charge is -2.35. The number of thiophene rings is 1. The highest BCUT2D eigenvalue weighted by atomic mass is 79.9. The van der Waals surface area contributed by atoms with Gasteiger partial charge < -0.3 is 9.64 Å². The summed E-state index contributed by atoms with van der Waals surface area (Å²) in [4.78, 5) is 13.7. The molecule has 0 aliphatic carbocycles. The largest absolute Gasteiger partial charge is 0.377 e. The molecule has 0 radical (unpaired) electrons. The first-order chi connectivity index (χ1) is 9.22. The quantitative estimate of drug-likeness (QED) is 0.787. The van der Waals surface area contributed by atoms with E-state index in [1.54, 1.807) is 17.7 Å². The molecule has 1 aliphatic rings. The number of anilines is 1. The Morgan fingerprint density at radius 1 is 1.47 bits per heavy atom. The number of aromatic nitrogens is 2. The van der Waals surface area contributed by atoms with Gasteiger partial charge in [-0.3, -0.25) is 0 Å². The molecule has 3 rings (SSSR count). The lowest BCUT2D eigenvalue weighted by Crippen LogP contribution is -2.47.